The first-order chi connectivity index (χ1) is 10.4. The molecular formula is C12H14BN8-. The number of aromatic nitrogens is 6. The number of nitrogens with two attached hydrogens (primary N) is 1. The van der Waals surface area contributed by atoms with Gasteiger partial charge in [-0.1, -0.05) is 0 Å². The van der Waals surface area contributed by atoms with Gasteiger partial charge in [-0.2, -0.15) is 0 Å². The second-order valence-corrected chi connectivity index (χ2v) is 4.33. The lowest BCUT2D eigenvalue weighted by molar-refractivity contribution is 0.722. The molecule has 106 valence electrons. The van der Waals surface area contributed by atoms with Gasteiger partial charge in [-0.05, 0) is 55.3 Å². The Bertz CT molecular complexity index is 627. The lowest BCUT2D eigenvalue weighted by atomic mass is 9.76. The van der Waals surface area contributed by atoms with Crippen LogP contribution in [0.2, 0.25) is 0 Å². The van der Waals surface area contributed by atoms with Gasteiger partial charge in [0.05, 0.1) is 0 Å². The van der Waals surface area contributed by atoms with Crippen LogP contribution in [0.25, 0.3) is 0 Å². The summed E-state index contributed by atoms with van der Waals surface area (Å²) >= 11 is 0. The zero-order chi connectivity index (χ0) is 14.5. The van der Waals surface area contributed by atoms with Crippen molar-refractivity contribution >= 4 is 12.9 Å². The molecule has 0 aliphatic rings. The van der Waals surface area contributed by atoms with Crippen LogP contribution in [0.1, 0.15) is 0 Å². The van der Waals surface area contributed by atoms with Crippen molar-refractivity contribution in [3.8, 4) is 0 Å². The fourth-order valence-electron chi connectivity index (χ4n) is 2.24. The Kier molecular flexibility index (Phi) is 3.38. The van der Waals surface area contributed by atoms with Crippen LogP contribution in [0.5, 0.6) is 0 Å². The lowest BCUT2D eigenvalue weighted by Crippen LogP contribution is -2.58. The minimum absolute atomic E-state index is 1.42. The minimum atomic E-state index is -1.92. The Morgan fingerprint density at radius 2 is 1.33 bits per heavy atom. The topological polar surface area (TPSA) is 91.8 Å². The molecule has 0 amide bonds. The molecule has 3 heterocycles. The predicted octanol–water partition coefficient (Wildman–Crippen LogP) is 0.200. The van der Waals surface area contributed by atoms with Crippen molar-refractivity contribution in [2.24, 2.45) is 10.6 Å². The van der Waals surface area contributed by atoms with Gasteiger partial charge >= 0.3 is 6.69 Å². The second kappa shape index (κ2) is 5.49. The third-order valence-corrected chi connectivity index (χ3v) is 3.12. The summed E-state index contributed by atoms with van der Waals surface area (Å²) < 4.78 is 5.17. The van der Waals surface area contributed by atoms with Crippen LogP contribution in [-0.4, -0.2) is 42.0 Å². The van der Waals surface area contributed by atoms with E-state index in [9.17, 15) is 0 Å². The average molecular weight is 281 g/mol. The van der Waals surface area contributed by atoms with E-state index in [0.717, 1.165) is 0 Å². The molecule has 3 aromatic heterocycles. The van der Waals surface area contributed by atoms with E-state index in [1.54, 1.807) is 44.7 Å². The summed E-state index contributed by atoms with van der Waals surface area (Å²) in [6.45, 7) is -1.92. The molecule has 0 aliphatic heterocycles. The van der Waals surface area contributed by atoms with E-state index < -0.39 is 6.69 Å². The Labute approximate surface area is 121 Å². The summed E-state index contributed by atoms with van der Waals surface area (Å²) in [6.07, 6.45) is 15.2. The van der Waals surface area contributed by atoms with E-state index in [2.05, 4.69) is 20.2 Å². The van der Waals surface area contributed by atoms with Crippen molar-refractivity contribution < 1.29 is 0 Å². The van der Waals surface area contributed by atoms with Crippen LogP contribution < -0.4 is 5.73 Å². The maximum absolute atomic E-state index is 5.38. The fraction of sp³-hybridized carbons (Fsp3) is 0. The SMILES string of the molecule is N/C=C\C=N\[B-](n1cccn1)(n1cccn1)n1cccn1. The largest absolute Gasteiger partial charge is 0.461 e. The summed E-state index contributed by atoms with van der Waals surface area (Å²) in [4.78, 5) is 4.64. The van der Waals surface area contributed by atoms with Crippen molar-refractivity contribution in [3.63, 3.8) is 0 Å². The highest BCUT2D eigenvalue weighted by molar-refractivity contribution is 6.73. The molecule has 0 aliphatic carbocycles. The molecule has 0 unspecified atom stereocenters. The number of nitrogens with zero attached hydrogens (tertiary/aromatic N) is 7. The second-order valence-electron chi connectivity index (χ2n) is 4.33. The Morgan fingerprint density at radius 3 is 1.67 bits per heavy atom. The first-order valence-electron chi connectivity index (χ1n) is 6.44. The van der Waals surface area contributed by atoms with Crippen molar-refractivity contribution in [1.82, 2.24) is 29.1 Å². The Balaban J connectivity index is 2.25. The zero-order valence-corrected chi connectivity index (χ0v) is 11.2. The van der Waals surface area contributed by atoms with E-state index in [-0.39, 0.29) is 0 Å². The molecule has 21 heavy (non-hydrogen) atoms. The lowest BCUT2D eigenvalue weighted by Gasteiger charge is -2.37. The van der Waals surface area contributed by atoms with Gasteiger partial charge in [0, 0.05) is 18.6 Å². The van der Waals surface area contributed by atoms with Crippen LogP contribution in [0.4, 0.5) is 0 Å². The molecule has 0 saturated carbocycles. The van der Waals surface area contributed by atoms with Gasteiger partial charge in [-0.25, -0.2) is 15.3 Å². The Hall–Kier alpha value is -3.10. The predicted molar refractivity (Wildman–Crippen MR) is 80.4 cm³/mol. The fourth-order valence-corrected chi connectivity index (χ4v) is 2.24. The van der Waals surface area contributed by atoms with E-state index in [1.807, 2.05) is 36.8 Å². The van der Waals surface area contributed by atoms with E-state index in [1.165, 1.54) is 6.20 Å². The third-order valence-electron chi connectivity index (χ3n) is 3.12. The summed E-state index contributed by atoms with van der Waals surface area (Å²) in [5.41, 5.74) is 5.38. The smallest absolute Gasteiger partial charge is 0.436 e. The highest BCUT2D eigenvalue weighted by Gasteiger charge is 2.34. The van der Waals surface area contributed by atoms with Crippen LogP contribution in [0.15, 0.2) is 72.6 Å². The molecule has 3 rings (SSSR count). The standard InChI is InChI=1S/C12H14BN8/c14-5-1-6-15-13(19-10-2-7-16-19,20-11-3-8-17-20)21-12-4-9-18-21/h1-12H,14H2/q-1/b5-1-,15-6+. The van der Waals surface area contributed by atoms with Crippen LogP contribution in [0, 0.1) is 0 Å². The Morgan fingerprint density at radius 1 is 0.857 bits per heavy atom. The van der Waals surface area contributed by atoms with Crippen molar-refractivity contribution in [3.05, 3.63) is 67.7 Å². The minimum Gasteiger partial charge on any atom is -0.436 e. The highest BCUT2D eigenvalue weighted by Crippen LogP contribution is 2.12. The molecule has 9 heteroatoms. The maximum atomic E-state index is 5.38. The number of allylic oxidation sites excluding steroid dienone is 1. The van der Waals surface area contributed by atoms with E-state index in [0.29, 0.717) is 0 Å². The monoisotopic (exact) mass is 281 g/mol. The molecular weight excluding hydrogens is 267 g/mol. The average Bonchev–Trinajstić information content (AvgIpc) is 3.28. The molecule has 8 nitrogen and oxygen atoms in total. The quantitative estimate of drug-likeness (QED) is 0.534. The molecule has 0 radical (unpaired) electrons. The molecule has 0 aromatic carbocycles. The van der Waals surface area contributed by atoms with E-state index >= 15 is 0 Å². The van der Waals surface area contributed by atoms with Crippen LogP contribution >= 0.6 is 0 Å². The van der Waals surface area contributed by atoms with Gasteiger partial charge in [0.15, 0.2) is 0 Å². The highest BCUT2D eigenvalue weighted by atomic mass is 15.5. The summed E-state index contributed by atoms with van der Waals surface area (Å²) in [5, 5.41) is 13.0. The van der Waals surface area contributed by atoms with E-state index in [4.69, 9.17) is 5.73 Å². The van der Waals surface area contributed by atoms with Gasteiger partial charge in [-0.3, -0.25) is 0 Å². The normalized spacial score (nSPS) is 12.6. The summed E-state index contributed by atoms with van der Waals surface area (Å²) in [7, 11) is 0. The first-order valence-corrected chi connectivity index (χ1v) is 6.44. The summed E-state index contributed by atoms with van der Waals surface area (Å²) in [5.74, 6) is 0. The van der Waals surface area contributed by atoms with Crippen molar-refractivity contribution in [2.45, 2.75) is 0 Å². The van der Waals surface area contributed by atoms with Gasteiger partial charge in [0.25, 0.3) is 0 Å². The molecule has 0 atom stereocenters. The first kappa shape index (κ1) is 12.9. The van der Waals surface area contributed by atoms with Gasteiger partial charge < -0.3 is 24.4 Å². The maximum Gasteiger partial charge on any atom is 0.461 e. The molecule has 0 bridgehead atoms. The van der Waals surface area contributed by atoms with Crippen molar-refractivity contribution in [1.29, 1.82) is 0 Å². The molecule has 0 saturated heterocycles. The third kappa shape index (κ3) is 2.14. The number of hydrogen-bond acceptors (Lipinski definition) is 5. The molecule has 3 aromatic rings. The van der Waals surface area contributed by atoms with Crippen molar-refractivity contribution in [2.75, 3.05) is 0 Å². The molecule has 0 spiro atoms. The zero-order valence-electron chi connectivity index (χ0n) is 11.2. The molecule has 2 N–H and O–H groups in total. The molecule has 0 fully saturated rings. The van der Waals surface area contributed by atoms with Gasteiger partial charge in [0.2, 0.25) is 0 Å². The summed E-state index contributed by atoms with van der Waals surface area (Å²) in [6, 6.07) is 5.49. The number of hydrogen-bond donors (Lipinski definition) is 1. The number of rotatable bonds is 5. The van der Waals surface area contributed by atoms with Crippen LogP contribution in [0.3, 0.4) is 0 Å². The van der Waals surface area contributed by atoms with Crippen LogP contribution in [-0.2, 0) is 0 Å². The van der Waals surface area contributed by atoms with Gasteiger partial charge in [-0.15, -0.1) is 0 Å². The van der Waals surface area contributed by atoms with Gasteiger partial charge in [0.1, 0.15) is 0 Å².